The average molecular weight is 650 g/mol. The van der Waals surface area contributed by atoms with Crippen LogP contribution >= 0.6 is 11.6 Å². The van der Waals surface area contributed by atoms with E-state index >= 15 is 0 Å². The molecule has 6 unspecified atom stereocenters. The molecule has 3 N–H and O–H groups in total. The van der Waals surface area contributed by atoms with Gasteiger partial charge in [-0.3, -0.25) is 19.2 Å². The summed E-state index contributed by atoms with van der Waals surface area (Å²) >= 11 is 6.73. The van der Waals surface area contributed by atoms with Crippen molar-refractivity contribution in [3.63, 3.8) is 0 Å². The number of phenolic OH excluding ortho intramolecular Hbond substituents is 1. The molecule has 3 amide bonds. The number of hydrogen-bond donors (Lipinski definition) is 3. The van der Waals surface area contributed by atoms with Crippen molar-refractivity contribution in [2.45, 2.75) is 84.5 Å². The summed E-state index contributed by atoms with van der Waals surface area (Å²) in [5, 5.41) is 16.3. The minimum Gasteiger partial charge on any atom is -0.508 e. The summed E-state index contributed by atoms with van der Waals surface area (Å²) in [6.45, 7) is 9.08. The summed E-state index contributed by atoms with van der Waals surface area (Å²) in [5.41, 5.74) is 4.26. The maximum atomic E-state index is 14.2. The van der Waals surface area contributed by atoms with E-state index in [4.69, 9.17) is 16.3 Å². The number of phenols is 1. The molecule has 1 aliphatic carbocycles. The lowest BCUT2D eigenvalue weighted by Gasteiger charge is -2.32. The van der Waals surface area contributed by atoms with Gasteiger partial charge in [-0.2, -0.15) is 0 Å². The van der Waals surface area contributed by atoms with Crippen molar-refractivity contribution in [3.8, 4) is 5.75 Å². The third-order valence-corrected chi connectivity index (χ3v) is 9.29. The Bertz CT molecular complexity index is 1530. The molecule has 0 saturated heterocycles. The molecule has 6 atom stereocenters. The Balaban J connectivity index is 1.74. The number of amides is 3. The molecule has 0 radical (unpaired) electrons. The molecule has 46 heavy (non-hydrogen) atoms. The molecule has 2 aliphatic rings. The van der Waals surface area contributed by atoms with Crippen molar-refractivity contribution < 1.29 is 29.0 Å². The molecular weight excluding hydrogens is 606 g/mol. The van der Waals surface area contributed by atoms with Crippen molar-refractivity contribution in [2.24, 2.45) is 11.8 Å². The standard InChI is InChI=1S/C36H44ClN3O6/c1-20-15-21(2)24(5)46-33(42)19-31(25-11-13-27(41)14-12-25)39-35(44)32(18-29-28-10-8-7-9-26(28)17-30(29)37)40(6)36(45)23(4)38-34(43)22(3)16-20/h7-15,21-24,31-32,41H,16-19H2,1-6H3,(H,38,43)(H,39,44)/b20-15+. The number of nitrogens with zero attached hydrogens (tertiary/aromatic N) is 1. The highest BCUT2D eigenvalue weighted by atomic mass is 35.5. The lowest BCUT2D eigenvalue weighted by atomic mass is 9.95. The van der Waals surface area contributed by atoms with Crippen LogP contribution in [0.1, 0.15) is 76.6 Å². The van der Waals surface area contributed by atoms with Gasteiger partial charge in [-0.25, -0.2) is 0 Å². The van der Waals surface area contributed by atoms with Crippen LogP contribution in [0, 0.1) is 11.8 Å². The fraction of sp³-hybridized carbons (Fsp3) is 0.444. The van der Waals surface area contributed by atoms with Crippen molar-refractivity contribution >= 4 is 40.9 Å². The zero-order valence-corrected chi connectivity index (χ0v) is 28.1. The Labute approximate surface area is 276 Å². The highest BCUT2D eigenvalue weighted by Gasteiger charge is 2.35. The van der Waals surface area contributed by atoms with Crippen LogP contribution in [-0.2, 0) is 30.3 Å². The van der Waals surface area contributed by atoms with Crippen LogP contribution in [0.4, 0.5) is 0 Å². The van der Waals surface area contributed by atoms with Gasteiger partial charge in [0.2, 0.25) is 17.7 Å². The first-order chi connectivity index (χ1) is 21.7. The average Bonchev–Trinajstić information content (AvgIpc) is 3.32. The monoisotopic (exact) mass is 649 g/mol. The van der Waals surface area contributed by atoms with E-state index in [1.54, 1.807) is 26.0 Å². The third-order valence-electron chi connectivity index (χ3n) is 8.92. The number of allylic oxidation sites excluding steroid dienone is 2. The number of ether oxygens (including phenoxy) is 1. The highest BCUT2D eigenvalue weighted by molar-refractivity contribution is 6.33. The first kappa shape index (κ1) is 34.8. The Morgan fingerprint density at radius 1 is 0.935 bits per heavy atom. The van der Waals surface area contributed by atoms with Crippen LogP contribution < -0.4 is 10.6 Å². The molecule has 9 nitrogen and oxygen atoms in total. The number of esters is 1. The number of cyclic esters (lactones) is 1. The van der Waals surface area contributed by atoms with Crippen molar-refractivity contribution in [2.75, 3.05) is 7.05 Å². The van der Waals surface area contributed by atoms with Gasteiger partial charge in [0.05, 0.1) is 12.5 Å². The van der Waals surface area contributed by atoms with Crippen LogP contribution in [-0.4, -0.2) is 58.9 Å². The first-order valence-electron chi connectivity index (χ1n) is 15.7. The molecule has 0 aromatic heterocycles. The van der Waals surface area contributed by atoms with Crippen LogP contribution in [0.5, 0.6) is 5.75 Å². The lowest BCUT2D eigenvalue weighted by molar-refractivity contribution is -0.150. The number of rotatable bonds is 3. The summed E-state index contributed by atoms with van der Waals surface area (Å²) in [6, 6.07) is 11.2. The van der Waals surface area contributed by atoms with E-state index in [2.05, 4.69) is 10.6 Å². The van der Waals surface area contributed by atoms with Crippen LogP contribution in [0.3, 0.4) is 0 Å². The number of carbonyl (C=O) groups excluding carboxylic acids is 4. The number of nitrogens with one attached hydrogen (secondary N) is 2. The van der Waals surface area contributed by atoms with E-state index in [9.17, 15) is 24.3 Å². The normalized spacial score (nSPS) is 28.3. The van der Waals surface area contributed by atoms with Gasteiger partial charge in [-0.15, -0.1) is 0 Å². The van der Waals surface area contributed by atoms with E-state index in [0.717, 1.165) is 22.3 Å². The summed E-state index contributed by atoms with van der Waals surface area (Å²) in [5.74, 6) is -2.24. The molecule has 10 heteroatoms. The number of likely N-dealkylation sites (N-methyl/N-ethyl adjacent to an activating group) is 1. The summed E-state index contributed by atoms with van der Waals surface area (Å²) in [6.07, 6.45) is 2.46. The minimum absolute atomic E-state index is 0.0393. The van der Waals surface area contributed by atoms with Crippen LogP contribution in [0.2, 0.25) is 0 Å². The van der Waals surface area contributed by atoms with Crippen LogP contribution in [0.25, 0.3) is 5.57 Å². The Kier molecular flexibility index (Phi) is 11.3. The lowest BCUT2D eigenvalue weighted by Crippen LogP contribution is -2.54. The molecule has 2 aromatic carbocycles. The van der Waals surface area contributed by atoms with Crippen molar-refractivity contribution in [1.29, 1.82) is 0 Å². The second-order valence-corrected chi connectivity index (χ2v) is 13.1. The number of aromatic hydroxyl groups is 1. The zero-order valence-electron chi connectivity index (χ0n) is 27.3. The molecule has 1 aliphatic heterocycles. The van der Waals surface area contributed by atoms with Crippen molar-refractivity contribution in [3.05, 3.63) is 81.9 Å². The smallest absolute Gasteiger partial charge is 0.308 e. The molecular formula is C36H44ClN3O6. The van der Waals surface area contributed by atoms with Gasteiger partial charge < -0.3 is 25.4 Å². The topological polar surface area (TPSA) is 125 Å². The number of halogens is 1. The number of fused-ring (bicyclic) bond motifs is 1. The SMILES string of the molecule is C/C1=C\C(C)C(C)OC(=O)CC(c2ccc(O)cc2)NC(=O)C(CC2=C(Cl)Cc3ccccc32)N(C)C(=O)C(C)NC(=O)C(C)C1. The van der Waals surface area contributed by atoms with Gasteiger partial charge in [0.15, 0.2) is 0 Å². The fourth-order valence-corrected chi connectivity index (χ4v) is 6.39. The van der Waals surface area contributed by atoms with E-state index in [1.807, 2.05) is 51.1 Å². The van der Waals surface area contributed by atoms with E-state index in [0.29, 0.717) is 23.4 Å². The maximum Gasteiger partial charge on any atom is 0.308 e. The van der Waals surface area contributed by atoms with Crippen LogP contribution in [0.15, 0.2) is 65.2 Å². The maximum absolute atomic E-state index is 14.2. The van der Waals surface area contributed by atoms with Gasteiger partial charge >= 0.3 is 5.97 Å². The molecule has 0 bridgehead atoms. The van der Waals surface area contributed by atoms with Crippen molar-refractivity contribution in [1.82, 2.24) is 15.5 Å². The second-order valence-electron chi connectivity index (χ2n) is 12.6. The Morgan fingerprint density at radius 3 is 2.30 bits per heavy atom. The fourth-order valence-electron chi connectivity index (χ4n) is 6.07. The first-order valence-corrected chi connectivity index (χ1v) is 16.1. The molecule has 1 heterocycles. The molecule has 2 aromatic rings. The van der Waals surface area contributed by atoms with Gasteiger partial charge in [0.1, 0.15) is 23.9 Å². The van der Waals surface area contributed by atoms with Gasteiger partial charge in [-0.05, 0) is 61.6 Å². The zero-order chi connectivity index (χ0) is 33.7. The Hall–Kier alpha value is -4.11. The molecule has 0 spiro atoms. The molecule has 246 valence electrons. The number of benzene rings is 2. The van der Waals surface area contributed by atoms with Gasteiger partial charge in [0, 0.05) is 36.8 Å². The largest absolute Gasteiger partial charge is 0.508 e. The van der Waals surface area contributed by atoms with Gasteiger partial charge in [-0.1, -0.05) is 73.5 Å². The molecule has 0 fully saturated rings. The summed E-state index contributed by atoms with van der Waals surface area (Å²) < 4.78 is 5.80. The predicted molar refractivity (Wildman–Crippen MR) is 178 cm³/mol. The second kappa shape index (κ2) is 15.0. The predicted octanol–water partition coefficient (Wildman–Crippen LogP) is 5.42. The number of carbonyl (C=O) groups is 4. The minimum atomic E-state index is -1.03. The third kappa shape index (κ3) is 8.37. The highest BCUT2D eigenvalue weighted by Crippen LogP contribution is 2.38. The quantitative estimate of drug-likeness (QED) is 0.301. The summed E-state index contributed by atoms with van der Waals surface area (Å²) in [4.78, 5) is 55.8. The Morgan fingerprint density at radius 2 is 1.61 bits per heavy atom. The molecule has 0 saturated carbocycles. The molecule has 4 rings (SSSR count). The van der Waals surface area contributed by atoms with E-state index in [1.165, 1.54) is 24.1 Å². The van der Waals surface area contributed by atoms with E-state index < -0.39 is 47.9 Å². The van der Waals surface area contributed by atoms with Gasteiger partial charge in [0.25, 0.3) is 0 Å². The summed E-state index contributed by atoms with van der Waals surface area (Å²) in [7, 11) is 1.53. The van der Waals surface area contributed by atoms with E-state index in [-0.39, 0.29) is 30.4 Å². The number of hydrogen-bond acceptors (Lipinski definition) is 6.